The van der Waals surface area contributed by atoms with Gasteiger partial charge in [-0.3, -0.25) is 14.5 Å². The van der Waals surface area contributed by atoms with Gasteiger partial charge in [-0.15, -0.1) is 0 Å². The monoisotopic (exact) mass is 378 g/mol. The summed E-state index contributed by atoms with van der Waals surface area (Å²) in [5, 5.41) is 5.49. The number of carbonyl (C=O) groups excluding carboxylic acids is 3. The summed E-state index contributed by atoms with van der Waals surface area (Å²) in [6, 6.07) is 5.03. The van der Waals surface area contributed by atoms with Crippen LogP contribution < -0.4 is 15.4 Å². The van der Waals surface area contributed by atoms with Crippen molar-refractivity contribution in [2.45, 2.75) is 13.8 Å². The predicted molar refractivity (Wildman–Crippen MR) is 101 cm³/mol. The highest BCUT2D eigenvalue weighted by Crippen LogP contribution is 2.27. The number of nitrogens with zero attached hydrogens (tertiary/aromatic N) is 2. The zero-order valence-electron chi connectivity index (χ0n) is 15.9. The van der Waals surface area contributed by atoms with Crippen molar-refractivity contribution in [1.29, 1.82) is 0 Å². The Kier molecular flexibility index (Phi) is 7.42. The molecule has 148 valence electrons. The number of rotatable bonds is 6. The highest BCUT2D eigenvalue weighted by atomic mass is 16.6. The van der Waals surface area contributed by atoms with Crippen LogP contribution in [0.4, 0.5) is 16.2 Å². The first kappa shape index (κ1) is 20.5. The van der Waals surface area contributed by atoms with Crippen molar-refractivity contribution >= 4 is 29.3 Å². The Balaban J connectivity index is 1.90. The van der Waals surface area contributed by atoms with Gasteiger partial charge in [-0.2, -0.15) is 0 Å². The number of hydrogen-bond acceptors (Lipinski definition) is 6. The van der Waals surface area contributed by atoms with Crippen molar-refractivity contribution in [1.82, 2.24) is 9.80 Å². The molecule has 0 unspecified atom stereocenters. The SMILES string of the molecule is CCOC(=O)N1CCN(CC(=O)Nc2cc(NC(C)=O)ccc2OC)CC1. The van der Waals surface area contributed by atoms with Crippen LogP contribution in [-0.4, -0.2) is 74.1 Å². The van der Waals surface area contributed by atoms with E-state index in [2.05, 4.69) is 10.6 Å². The van der Waals surface area contributed by atoms with E-state index in [1.807, 2.05) is 4.90 Å². The molecule has 1 aliphatic heterocycles. The lowest BCUT2D eigenvalue weighted by Gasteiger charge is -2.33. The molecule has 9 heteroatoms. The number of hydrogen-bond donors (Lipinski definition) is 2. The highest BCUT2D eigenvalue weighted by molar-refractivity contribution is 5.95. The van der Waals surface area contributed by atoms with Crippen molar-refractivity contribution < 1.29 is 23.9 Å². The van der Waals surface area contributed by atoms with E-state index in [9.17, 15) is 14.4 Å². The van der Waals surface area contributed by atoms with Gasteiger partial charge in [0, 0.05) is 38.8 Å². The Hall–Kier alpha value is -2.81. The van der Waals surface area contributed by atoms with Gasteiger partial charge < -0.3 is 25.0 Å². The third kappa shape index (κ3) is 6.14. The van der Waals surface area contributed by atoms with Crippen LogP contribution in [-0.2, 0) is 14.3 Å². The first-order valence-electron chi connectivity index (χ1n) is 8.82. The van der Waals surface area contributed by atoms with Crippen LogP contribution >= 0.6 is 0 Å². The number of carbonyl (C=O) groups is 3. The molecule has 0 aromatic heterocycles. The lowest BCUT2D eigenvalue weighted by molar-refractivity contribution is -0.117. The zero-order valence-corrected chi connectivity index (χ0v) is 15.9. The Morgan fingerprint density at radius 2 is 1.81 bits per heavy atom. The van der Waals surface area contributed by atoms with Gasteiger partial charge in [-0.25, -0.2) is 4.79 Å². The third-order valence-corrected chi connectivity index (χ3v) is 4.06. The molecule has 0 aliphatic carbocycles. The molecule has 0 bridgehead atoms. The second-order valence-electron chi connectivity index (χ2n) is 6.11. The summed E-state index contributed by atoms with van der Waals surface area (Å²) in [6.45, 7) is 5.96. The molecule has 1 aliphatic rings. The molecule has 1 heterocycles. The minimum atomic E-state index is -0.318. The average Bonchev–Trinajstić information content (AvgIpc) is 2.62. The Morgan fingerprint density at radius 3 is 2.41 bits per heavy atom. The topological polar surface area (TPSA) is 100 Å². The second kappa shape index (κ2) is 9.77. The molecule has 27 heavy (non-hydrogen) atoms. The minimum Gasteiger partial charge on any atom is -0.495 e. The minimum absolute atomic E-state index is 0.196. The summed E-state index contributed by atoms with van der Waals surface area (Å²) in [5.74, 6) is 0.111. The molecular formula is C18H26N4O5. The summed E-state index contributed by atoms with van der Waals surface area (Å²) in [5.41, 5.74) is 1.06. The maximum atomic E-state index is 12.4. The van der Waals surface area contributed by atoms with E-state index in [1.54, 1.807) is 30.0 Å². The number of amides is 3. The summed E-state index contributed by atoms with van der Waals surface area (Å²) in [6.07, 6.45) is -0.318. The molecule has 1 aromatic carbocycles. The van der Waals surface area contributed by atoms with Crippen molar-refractivity contribution in [2.24, 2.45) is 0 Å². The molecule has 1 saturated heterocycles. The summed E-state index contributed by atoms with van der Waals surface area (Å²) in [4.78, 5) is 38.9. The molecule has 0 atom stereocenters. The van der Waals surface area contributed by atoms with Crippen LogP contribution in [0.3, 0.4) is 0 Å². The lowest BCUT2D eigenvalue weighted by Crippen LogP contribution is -2.50. The van der Waals surface area contributed by atoms with Crippen molar-refractivity contribution in [3.05, 3.63) is 18.2 Å². The summed E-state index contributed by atoms with van der Waals surface area (Å²) >= 11 is 0. The molecule has 0 radical (unpaired) electrons. The van der Waals surface area contributed by atoms with E-state index in [4.69, 9.17) is 9.47 Å². The molecule has 2 N–H and O–H groups in total. The molecule has 0 spiro atoms. The van der Waals surface area contributed by atoms with E-state index in [1.165, 1.54) is 14.0 Å². The van der Waals surface area contributed by atoms with Crippen LogP contribution in [0.5, 0.6) is 5.75 Å². The summed E-state index contributed by atoms with van der Waals surface area (Å²) < 4.78 is 10.2. The smallest absolute Gasteiger partial charge is 0.409 e. The van der Waals surface area contributed by atoms with Crippen LogP contribution in [0, 0.1) is 0 Å². The third-order valence-electron chi connectivity index (χ3n) is 4.06. The number of methoxy groups -OCH3 is 1. The van der Waals surface area contributed by atoms with Gasteiger partial charge in [0.1, 0.15) is 5.75 Å². The van der Waals surface area contributed by atoms with Crippen molar-refractivity contribution in [2.75, 3.05) is 57.1 Å². The Bertz CT molecular complexity index is 686. The molecule has 1 fully saturated rings. The van der Waals surface area contributed by atoms with Gasteiger partial charge in [-0.05, 0) is 25.1 Å². The molecule has 0 saturated carbocycles. The number of benzene rings is 1. The lowest BCUT2D eigenvalue weighted by atomic mass is 10.2. The Labute approximate surface area is 158 Å². The number of nitrogens with one attached hydrogen (secondary N) is 2. The standard InChI is InChI=1S/C18H26N4O5/c1-4-27-18(25)22-9-7-21(8-10-22)12-17(24)20-15-11-14(19-13(2)23)5-6-16(15)26-3/h5-6,11H,4,7-10,12H2,1-3H3,(H,19,23)(H,20,24). The first-order chi connectivity index (χ1) is 12.9. The zero-order chi connectivity index (χ0) is 19.8. The van der Waals surface area contributed by atoms with Gasteiger partial charge in [0.15, 0.2) is 0 Å². The van der Waals surface area contributed by atoms with E-state index in [0.29, 0.717) is 49.9 Å². The quantitative estimate of drug-likeness (QED) is 0.775. The van der Waals surface area contributed by atoms with Gasteiger partial charge in [0.25, 0.3) is 0 Å². The van der Waals surface area contributed by atoms with Crippen LogP contribution in [0.15, 0.2) is 18.2 Å². The number of ether oxygens (including phenoxy) is 2. The van der Waals surface area contributed by atoms with Crippen molar-refractivity contribution in [3.63, 3.8) is 0 Å². The Morgan fingerprint density at radius 1 is 1.11 bits per heavy atom. The van der Waals surface area contributed by atoms with E-state index >= 15 is 0 Å². The molecule has 2 rings (SSSR count). The van der Waals surface area contributed by atoms with Gasteiger partial charge in [0.05, 0.1) is 25.9 Å². The first-order valence-corrected chi connectivity index (χ1v) is 8.82. The predicted octanol–water partition coefficient (Wildman–Crippen LogP) is 1.37. The van der Waals surface area contributed by atoms with Gasteiger partial charge in [-0.1, -0.05) is 0 Å². The molecule has 9 nitrogen and oxygen atoms in total. The largest absolute Gasteiger partial charge is 0.495 e. The fraction of sp³-hybridized carbons (Fsp3) is 0.500. The van der Waals surface area contributed by atoms with Crippen LogP contribution in [0.2, 0.25) is 0 Å². The normalized spacial score (nSPS) is 14.4. The van der Waals surface area contributed by atoms with E-state index in [0.717, 1.165) is 0 Å². The highest BCUT2D eigenvalue weighted by Gasteiger charge is 2.23. The van der Waals surface area contributed by atoms with Crippen LogP contribution in [0.25, 0.3) is 0 Å². The fourth-order valence-corrected chi connectivity index (χ4v) is 2.78. The van der Waals surface area contributed by atoms with E-state index < -0.39 is 0 Å². The second-order valence-corrected chi connectivity index (χ2v) is 6.11. The molecule has 1 aromatic rings. The average molecular weight is 378 g/mol. The fourth-order valence-electron chi connectivity index (χ4n) is 2.78. The molecular weight excluding hydrogens is 352 g/mol. The number of piperazine rings is 1. The summed E-state index contributed by atoms with van der Waals surface area (Å²) in [7, 11) is 1.51. The van der Waals surface area contributed by atoms with E-state index in [-0.39, 0.29) is 24.5 Å². The maximum absolute atomic E-state index is 12.4. The van der Waals surface area contributed by atoms with Gasteiger partial charge >= 0.3 is 6.09 Å². The molecule has 3 amide bonds. The maximum Gasteiger partial charge on any atom is 0.409 e. The van der Waals surface area contributed by atoms with Gasteiger partial charge in [0.2, 0.25) is 11.8 Å². The van der Waals surface area contributed by atoms with Crippen LogP contribution in [0.1, 0.15) is 13.8 Å². The van der Waals surface area contributed by atoms with Crippen molar-refractivity contribution in [3.8, 4) is 5.75 Å². The number of anilines is 2.